The molecule has 162 valence electrons. The monoisotopic (exact) mass is 521 g/mol. The van der Waals surface area contributed by atoms with Crippen LogP contribution in [0.25, 0.3) is 0 Å². The number of carbonyl (C=O) groups is 1. The predicted molar refractivity (Wildman–Crippen MR) is 127 cm³/mol. The van der Waals surface area contributed by atoms with Crippen LogP contribution in [0.15, 0.2) is 50.3 Å². The van der Waals surface area contributed by atoms with Crippen molar-refractivity contribution in [2.75, 3.05) is 18.6 Å². The Kier molecular flexibility index (Phi) is 8.27. The highest BCUT2D eigenvalue weighted by molar-refractivity contribution is 9.10. The van der Waals surface area contributed by atoms with Crippen molar-refractivity contribution >= 4 is 56.3 Å². The number of hydrogen-bond donors (Lipinski definition) is 2. The van der Waals surface area contributed by atoms with Gasteiger partial charge >= 0.3 is 0 Å². The molecule has 0 aliphatic carbocycles. The van der Waals surface area contributed by atoms with Gasteiger partial charge in [0.05, 0.1) is 23.5 Å². The number of hydrogen-bond acceptors (Lipinski definition) is 9. The van der Waals surface area contributed by atoms with Crippen LogP contribution < -0.4 is 20.6 Å². The lowest BCUT2D eigenvalue weighted by molar-refractivity contribution is -0.118. The maximum atomic E-state index is 11.9. The molecule has 3 rings (SSSR count). The van der Waals surface area contributed by atoms with Crippen molar-refractivity contribution in [3.8, 4) is 11.5 Å². The number of nitrogens with one attached hydrogen (secondary N) is 1. The van der Waals surface area contributed by atoms with E-state index in [9.17, 15) is 4.79 Å². The number of aromatic nitrogens is 2. The second-order valence-electron chi connectivity index (χ2n) is 6.24. The Labute approximate surface area is 196 Å². The van der Waals surface area contributed by atoms with Gasteiger partial charge in [0, 0.05) is 0 Å². The summed E-state index contributed by atoms with van der Waals surface area (Å²) >= 11 is 6.00. The number of nitrogens with zero attached hydrogens (tertiary/aromatic N) is 3. The number of methoxy groups -OCH3 is 1. The van der Waals surface area contributed by atoms with Crippen LogP contribution in [-0.2, 0) is 11.4 Å². The number of nitrogen functional groups attached to an aromatic ring is 1. The van der Waals surface area contributed by atoms with Gasteiger partial charge in [0.25, 0.3) is 5.91 Å². The molecule has 31 heavy (non-hydrogen) atoms. The molecule has 0 aliphatic heterocycles. The van der Waals surface area contributed by atoms with Crippen molar-refractivity contribution in [3.05, 3.63) is 57.6 Å². The minimum Gasteiger partial charge on any atom is -0.493 e. The van der Waals surface area contributed by atoms with E-state index in [2.05, 4.69) is 36.7 Å². The van der Waals surface area contributed by atoms with Crippen molar-refractivity contribution in [1.29, 1.82) is 0 Å². The first-order chi connectivity index (χ1) is 15.0. The molecule has 0 fully saturated rings. The summed E-state index contributed by atoms with van der Waals surface area (Å²) in [5, 5.41) is 11.9. The van der Waals surface area contributed by atoms with E-state index in [1.165, 1.54) is 29.3 Å². The number of amides is 1. The minimum absolute atomic E-state index is 0.157. The maximum absolute atomic E-state index is 11.9. The lowest BCUT2D eigenvalue weighted by atomic mass is 10.1. The van der Waals surface area contributed by atoms with E-state index < -0.39 is 0 Å². The van der Waals surface area contributed by atoms with E-state index in [0.29, 0.717) is 27.6 Å². The van der Waals surface area contributed by atoms with Gasteiger partial charge in [0.2, 0.25) is 5.13 Å². The van der Waals surface area contributed by atoms with E-state index >= 15 is 0 Å². The topological polar surface area (TPSA) is 112 Å². The fraction of sp³-hybridized carbons (Fsp3) is 0.200. The number of thioether (sulfide) groups is 1. The summed E-state index contributed by atoms with van der Waals surface area (Å²) in [7, 11) is 1.57. The van der Waals surface area contributed by atoms with Gasteiger partial charge in [0.15, 0.2) is 15.8 Å². The Bertz CT molecular complexity index is 1090. The lowest BCUT2D eigenvalue weighted by Crippen LogP contribution is -2.19. The largest absolute Gasteiger partial charge is 0.493 e. The van der Waals surface area contributed by atoms with Gasteiger partial charge in [-0.3, -0.25) is 4.79 Å². The number of hydrazone groups is 1. The molecule has 1 heterocycles. The highest BCUT2D eigenvalue weighted by Gasteiger charge is 2.12. The molecule has 0 unspecified atom stereocenters. The van der Waals surface area contributed by atoms with Gasteiger partial charge < -0.3 is 15.2 Å². The van der Waals surface area contributed by atoms with Crippen LogP contribution in [0.1, 0.15) is 16.7 Å². The Morgan fingerprint density at radius 3 is 2.87 bits per heavy atom. The number of anilines is 1. The third-order valence-electron chi connectivity index (χ3n) is 4.04. The highest BCUT2D eigenvalue weighted by Crippen LogP contribution is 2.37. The Hall–Kier alpha value is -2.63. The summed E-state index contributed by atoms with van der Waals surface area (Å²) in [5.41, 5.74) is 11.0. The second kappa shape index (κ2) is 11.1. The molecule has 0 atom stereocenters. The Balaban J connectivity index is 1.59. The third-order valence-corrected chi connectivity index (χ3v) is 6.51. The molecule has 11 heteroatoms. The third kappa shape index (κ3) is 6.68. The molecule has 0 saturated carbocycles. The molecule has 1 amide bonds. The molecule has 0 bridgehead atoms. The molecule has 3 aromatic rings. The van der Waals surface area contributed by atoms with Gasteiger partial charge in [-0.05, 0) is 51.7 Å². The van der Waals surface area contributed by atoms with Crippen LogP contribution in [0.2, 0.25) is 0 Å². The quantitative estimate of drug-likeness (QED) is 0.248. The van der Waals surface area contributed by atoms with E-state index in [4.69, 9.17) is 15.2 Å². The SMILES string of the molecule is COc1cc(C=NNC(=O)CSc2nnc(N)s2)cc(Br)c1OCc1ccccc1C. The molecule has 2 aromatic carbocycles. The molecule has 3 N–H and O–H groups in total. The molecule has 1 aromatic heterocycles. The van der Waals surface area contributed by atoms with Crippen molar-refractivity contribution in [3.63, 3.8) is 0 Å². The van der Waals surface area contributed by atoms with Gasteiger partial charge in [0.1, 0.15) is 6.61 Å². The van der Waals surface area contributed by atoms with E-state index in [-0.39, 0.29) is 11.7 Å². The van der Waals surface area contributed by atoms with Crippen molar-refractivity contribution < 1.29 is 14.3 Å². The van der Waals surface area contributed by atoms with Gasteiger partial charge in [-0.15, -0.1) is 10.2 Å². The van der Waals surface area contributed by atoms with Crippen molar-refractivity contribution in [2.24, 2.45) is 5.10 Å². The fourth-order valence-corrected chi connectivity index (χ4v) is 4.50. The molecule has 0 aliphatic rings. The summed E-state index contributed by atoms with van der Waals surface area (Å²) in [6.45, 7) is 2.46. The molecular formula is C20H20BrN5O3S2. The molecule has 0 saturated heterocycles. The number of carbonyl (C=O) groups excluding carboxylic acids is 1. The molecule has 0 spiro atoms. The lowest BCUT2D eigenvalue weighted by Gasteiger charge is -2.14. The van der Waals surface area contributed by atoms with Crippen molar-refractivity contribution in [1.82, 2.24) is 15.6 Å². The summed E-state index contributed by atoms with van der Waals surface area (Å²) in [4.78, 5) is 11.9. The Morgan fingerprint density at radius 2 is 2.16 bits per heavy atom. The van der Waals surface area contributed by atoms with E-state index in [1.54, 1.807) is 13.2 Å². The first-order valence-electron chi connectivity index (χ1n) is 9.04. The average Bonchev–Trinajstić information content (AvgIpc) is 3.17. The highest BCUT2D eigenvalue weighted by atomic mass is 79.9. The second-order valence-corrected chi connectivity index (χ2v) is 9.32. The zero-order valence-corrected chi connectivity index (χ0v) is 20.0. The Morgan fingerprint density at radius 1 is 1.35 bits per heavy atom. The minimum atomic E-state index is -0.265. The summed E-state index contributed by atoms with van der Waals surface area (Å²) in [6.07, 6.45) is 1.53. The number of halogens is 1. The predicted octanol–water partition coefficient (Wildman–Crippen LogP) is 4.02. The number of aryl methyl sites for hydroxylation is 1. The summed E-state index contributed by atoms with van der Waals surface area (Å²) < 4.78 is 12.8. The van der Waals surface area contributed by atoms with Gasteiger partial charge in [-0.25, -0.2) is 5.43 Å². The van der Waals surface area contributed by atoms with Crippen LogP contribution in [0.3, 0.4) is 0 Å². The fourth-order valence-electron chi connectivity index (χ4n) is 2.49. The van der Waals surface area contributed by atoms with Crippen LogP contribution in [-0.4, -0.2) is 35.2 Å². The number of nitrogens with two attached hydrogens (primary N) is 1. The molecular weight excluding hydrogens is 502 g/mol. The normalized spacial score (nSPS) is 10.9. The van der Waals surface area contributed by atoms with Gasteiger partial charge in [-0.2, -0.15) is 5.10 Å². The van der Waals surface area contributed by atoms with Gasteiger partial charge in [-0.1, -0.05) is 47.4 Å². The van der Waals surface area contributed by atoms with Crippen LogP contribution >= 0.6 is 39.0 Å². The summed E-state index contributed by atoms with van der Waals surface area (Å²) in [6, 6.07) is 11.7. The first kappa shape index (κ1) is 23.0. The zero-order valence-electron chi connectivity index (χ0n) is 16.8. The van der Waals surface area contributed by atoms with E-state index in [1.807, 2.05) is 37.3 Å². The number of benzene rings is 2. The number of rotatable bonds is 9. The van der Waals surface area contributed by atoms with Crippen LogP contribution in [0.4, 0.5) is 5.13 Å². The molecule has 0 radical (unpaired) electrons. The maximum Gasteiger partial charge on any atom is 0.250 e. The number of ether oxygens (including phenoxy) is 2. The zero-order chi connectivity index (χ0) is 22.2. The van der Waals surface area contributed by atoms with Crippen molar-refractivity contribution in [2.45, 2.75) is 17.9 Å². The van der Waals surface area contributed by atoms with Crippen LogP contribution in [0, 0.1) is 6.92 Å². The van der Waals surface area contributed by atoms with Crippen LogP contribution in [0.5, 0.6) is 11.5 Å². The average molecular weight is 522 g/mol. The first-order valence-corrected chi connectivity index (χ1v) is 11.6. The smallest absolute Gasteiger partial charge is 0.250 e. The van der Waals surface area contributed by atoms with E-state index in [0.717, 1.165) is 21.2 Å². The standard InChI is InChI=1S/C20H20BrN5O3S2/c1-12-5-3-4-6-14(12)10-29-18-15(21)7-13(8-16(18)28-2)9-23-24-17(27)11-30-20-26-25-19(22)31-20/h3-9H,10-11H2,1-2H3,(H2,22,25)(H,24,27). The molecule has 8 nitrogen and oxygen atoms in total. The summed E-state index contributed by atoms with van der Waals surface area (Å²) in [5.74, 6) is 1.05.